The van der Waals surface area contributed by atoms with E-state index in [1.807, 2.05) is 0 Å². The minimum Gasteiger partial charge on any atom is -0.461 e. The molecule has 0 spiro atoms. The van der Waals surface area contributed by atoms with Gasteiger partial charge in [-0.15, -0.1) is 0 Å². The van der Waals surface area contributed by atoms with Gasteiger partial charge in [-0.1, -0.05) is 6.07 Å². The number of nitro groups is 1. The second-order valence-electron chi connectivity index (χ2n) is 3.98. The van der Waals surface area contributed by atoms with Crippen LogP contribution >= 0.6 is 0 Å². The standard InChI is InChI=1S/C13H12N2O6/c1-3-19-12(16)9-7-20-13(14-9)21-11-6-4-5-10(8(11)2)15(17)18/h4-7H,3H2,1-2H3. The normalized spacial score (nSPS) is 10.2. The summed E-state index contributed by atoms with van der Waals surface area (Å²) in [5, 5.41) is 10.8. The average Bonchev–Trinajstić information content (AvgIpc) is 2.90. The van der Waals surface area contributed by atoms with Gasteiger partial charge in [0.25, 0.3) is 5.69 Å². The molecule has 21 heavy (non-hydrogen) atoms. The lowest BCUT2D eigenvalue weighted by molar-refractivity contribution is -0.385. The molecule has 0 radical (unpaired) electrons. The number of hydrogen-bond donors (Lipinski definition) is 0. The maximum atomic E-state index is 11.4. The Labute approximate surface area is 119 Å². The Morgan fingerprint density at radius 2 is 2.24 bits per heavy atom. The number of hydrogen-bond acceptors (Lipinski definition) is 7. The molecule has 0 N–H and O–H groups in total. The number of carbonyl (C=O) groups excluding carboxylic acids is 1. The van der Waals surface area contributed by atoms with Crippen molar-refractivity contribution in [2.75, 3.05) is 6.61 Å². The van der Waals surface area contributed by atoms with Crippen molar-refractivity contribution in [2.45, 2.75) is 13.8 Å². The van der Waals surface area contributed by atoms with E-state index in [1.54, 1.807) is 13.8 Å². The van der Waals surface area contributed by atoms with Crippen molar-refractivity contribution >= 4 is 11.7 Å². The molecule has 0 atom stereocenters. The molecule has 1 aromatic carbocycles. The minimum absolute atomic E-state index is 0.0325. The van der Waals surface area contributed by atoms with Crippen LogP contribution in [0.5, 0.6) is 11.8 Å². The van der Waals surface area contributed by atoms with Crippen LogP contribution in [0.25, 0.3) is 0 Å². The lowest BCUT2D eigenvalue weighted by atomic mass is 10.2. The summed E-state index contributed by atoms with van der Waals surface area (Å²) >= 11 is 0. The topological polar surface area (TPSA) is 105 Å². The molecule has 0 bridgehead atoms. The van der Waals surface area contributed by atoms with Crippen molar-refractivity contribution in [3.63, 3.8) is 0 Å². The van der Waals surface area contributed by atoms with E-state index < -0.39 is 10.9 Å². The van der Waals surface area contributed by atoms with Crippen LogP contribution < -0.4 is 4.74 Å². The lowest BCUT2D eigenvalue weighted by Crippen LogP contribution is -2.04. The number of oxazole rings is 1. The predicted molar refractivity (Wildman–Crippen MR) is 70.4 cm³/mol. The smallest absolute Gasteiger partial charge is 0.399 e. The Morgan fingerprint density at radius 1 is 1.48 bits per heavy atom. The first-order valence-corrected chi connectivity index (χ1v) is 6.07. The fourth-order valence-corrected chi connectivity index (χ4v) is 1.61. The van der Waals surface area contributed by atoms with Crippen molar-refractivity contribution in [2.24, 2.45) is 0 Å². The quantitative estimate of drug-likeness (QED) is 0.474. The number of benzene rings is 1. The third-order valence-electron chi connectivity index (χ3n) is 2.62. The summed E-state index contributed by atoms with van der Waals surface area (Å²) in [5.74, 6) is -0.409. The molecule has 1 aromatic heterocycles. The SMILES string of the molecule is CCOC(=O)c1coc(Oc2cccc([N+](=O)[O-])c2C)n1. The monoisotopic (exact) mass is 292 g/mol. The van der Waals surface area contributed by atoms with Gasteiger partial charge in [0.2, 0.25) is 0 Å². The van der Waals surface area contributed by atoms with Crippen LogP contribution in [0.1, 0.15) is 23.0 Å². The van der Waals surface area contributed by atoms with Crippen molar-refractivity contribution in [3.8, 4) is 11.8 Å². The molecule has 0 aliphatic carbocycles. The Hall–Kier alpha value is -2.90. The summed E-state index contributed by atoms with van der Waals surface area (Å²) in [6.07, 6.45) is 0.904. The third-order valence-corrected chi connectivity index (χ3v) is 2.62. The van der Waals surface area contributed by atoms with Crippen LogP contribution in [0.15, 0.2) is 28.9 Å². The summed E-state index contributed by atoms with van der Waals surface area (Å²) in [7, 11) is 0. The molecule has 2 rings (SSSR count). The summed E-state index contributed by atoms with van der Waals surface area (Å²) in [5.41, 5.74) is 0.220. The highest BCUT2D eigenvalue weighted by atomic mass is 16.6. The molecule has 0 amide bonds. The summed E-state index contributed by atoms with van der Waals surface area (Å²) in [6, 6.07) is 4.38. The van der Waals surface area contributed by atoms with E-state index in [0.717, 1.165) is 6.26 Å². The summed E-state index contributed by atoms with van der Waals surface area (Å²) in [4.78, 5) is 25.6. The van der Waals surface area contributed by atoms with Crippen molar-refractivity contribution in [1.82, 2.24) is 4.98 Å². The maximum absolute atomic E-state index is 11.4. The number of nitrogens with zero attached hydrogens (tertiary/aromatic N) is 2. The number of aromatic nitrogens is 1. The second-order valence-corrected chi connectivity index (χ2v) is 3.98. The van der Waals surface area contributed by atoms with Gasteiger partial charge >= 0.3 is 12.0 Å². The molecule has 0 aliphatic heterocycles. The van der Waals surface area contributed by atoms with Gasteiger partial charge < -0.3 is 13.9 Å². The van der Waals surface area contributed by atoms with Gasteiger partial charge in [-0.2, -0.15) is 4.98 Å². The molecule has 0 aliphatic rings. The van der Waals surface area contributed by atoms with E-state index in [-0.39, 0.29) is 29.8 Å². The molecule has 0 saturated carbocycles. The second kappa shape index (κ2) is 6.04. The van der Waals surface area contributed by atoms with Crippen LogP contribution in [-0.4, -0.2) is 22.5 Å². The van der Waals surface area contributed by atoms with Gasteiger partial charge in [-0.05, 0) is 19.9 Å². The lowest BCUT2D eigenvalue weighted by Gasteiger charge is -2.04. The van der Waals surface area contributed by atoms with Crippen LogP contribution in [0.2, 0.25) is 0 Å². The molecule has 0 saturated heterocycles. The van der Waals surface area contributed by atoms with Crippen LogP contribution in [0.4, 0.5) is 5.69 Å². The van der Waals surface area contributed by atoms with Crippen molar-refractivity contribution in [1.29, 1.82) is 0 Å². The summed E-state index contributed by atoms with van der Waals surface area (Å²) in [6.45, 7) is 3.43. The number of esters is 1. The first-order valence-electron chi connectivity index (χ1n) is 6.07. The van der Waals surface area contributed by atoms with E-state index in [9.17, 15) is 14.9 Å². The van der Waals surface area contributed by atoms with Crippen molar-refractivity contribution in [3.05, 3.63) is 45.8 Å². The molecule has 8 nitrogen and oxygen atoms in total. The van der Waals surface area contributed by atoms with Crippen LogP contribution in [0.3, 0.4) is 0 Å². The number of rotatable bonds is 5. The zero-order chi connectivity index (χ0) is 15.4. The Balaban J connectivity index is 2.21. The van der Waals surface area contributed by atoms with Crippen LogP contribution in [-0.2, 0) is 4.74 Å². The van der Waals surface area contributed by atoms with E-state index in [0.29, 0.717) is 5.56 Å². The molecule has 0 fully saturated rings. The summed E-state index contributed by atoms with van der Waals surface area (Å²) < 4.78 is 15.1. The maximum Gasteiger partial charge on any atom is 0.399 e. The average molecular weight is 292 g/mol. The highest BCUT2D eigenvalue weighted by Crippen LogP contribution is 2.30. The van der Waals surface area contributed by atoms with Crippen molar-refractivity contribution < 1.29 is 23.6 Å². The van der Waals surface area contributed by atoms with Gasteiger partial charge in [-0.3, -0.25) is 10.1 Å². The van der Waals surface area contributed by atoms with Gasteiger partial charge in [-0.25, -0.2) is 4.79 Å². The Bertz CT molecular complexity index is 679. The zero-order valence-corrected chi connectivity index (χ0v) is 11.4. The molecular formula is C13H12N2O6. The number of nitro benzene ring substituents is 1. The largest absolute Gasteiger partial charge is 0.461 e. The first-order chi connectivity index (χ1) is 10.0. The fourth-order valence-electron chi connectivity index (χ4n) is 1.61. The predicted octanol–water partition coefficient (Wildman–Crippen LogP) is 2.86. The Morgan fingerprint density at radius 3 is 2.90 bits per heavy atom. The molecule has 8 heteroatoms. The van der Waals surface area contributed by atoms with E-state index >= 15 is 0 Å². The zero-order valence-electron chi connectivity index (χ0n) is 11.4. The van der Waals surface area contributed by atoms with E-state index in [1.165, 1.54) is 18.2 Å². The van der Waals surface area contributed by atoms with Gasteiger partial charge in [0.05, 0.1) is 17.1 Å². The first kappa shape index (κ1) is 14.5. The molecular weight excluding hydrogens is 280 g/mol. The van der Waals surface area contributed by atoms with Gasteiger partial charge in [0.15, 0.2) is 5.69 Å². The molecule has 0 unspecified atom stereocenters. The van der Waals surface area contributed by atoms with Crippen LogP contribution in [0, 0.1) is 17.0 Å². The highest BCUT2D eigenvalue weighted by Gasteiger charge is 2.18. The number of carbonyl (C=O) groups is 1. The highest BCUT2D eigenvalue weighted by molar-refractivity contribution is 5.86. The van der Waals surface area contributed by atoms with Gasteiger partial charge in [0.1, 0.15) is 12.0 Å². The fraction of sp³-hybridized carbons (Fsp3) is 0.231. The number of ether oxygens (including phenoxy) is 2. The third kappa shape index (κ3) is 3.16. The van der Waals surface area contributed by atoms with E-state index in [4.69, 9.17) is 13.9 Å². The van der Waals surface area contributed by atoms with E-state index in [2.05, 4.69) is 4.98 Å². The molecule has 110 valence electrons. The Kier molecular flexibility index (Phi) is 4.17. The molecule has 1 heterocycles. The molecule has 2 aromatic rings. The van der Waals surface area contributed by atoms with Gasteiger partial charge in [0, 0.05) is 6.07 Å². The minimum atomic E-state index is -0.633.